The number of hydrogen-bond donors (Lipinski definition) is 0. The summed E-state index contributed by atoms with van der Waals surface area (Å²) in [5.74, 6) is -0.663. The number of hydrogen-bond acceptors (Lipinski definition) is 9. The van der Waals surface area contributed by atoms with Crippen molar-refractivity contribution in [2.45, 2.75) is 35.5 Å². The number of rotatable bonds is 6. The van der Waals surface area contributed by atoms with E-state index < -0.39 is 10.9 Å². The van der Waals surface area contributed by atoms with Gasteiger partial charge in [-0.15, -0.1) is 5.10 Å². The molecule has 1 fully saturated rings. The van der Waals surface area contributed by atoms with Crippen molar-refractivity contribution in [2.24, 2.45) is 0 Å². The highest BCUT2D eigenvalue weighted by Gasteiger charge is 2.22. The van der Waals surface area contributed by atoms with Crippen LogP contribution in [-0.2, 0) is 16.0 Å². The molecule has 25 heavy (non-hydrogen) atoms. The molecule has 1 atom stereocenters. The van der Waals surface area contributed by atoms with Crippen LogP contribution in [0.15, 0.2) is 28.3 Å². The van der Waals surface area contributed by atoms with Crippen molar-refractivity contribution in [1.82, 2.24) is 20.2 Å². The molecule has 1 aliphatic rings. The van der Waals surface area contributed by atoms with E-state index in [-0.39, 0.29) is 17.4 Å². The van der Waals surface area contributed by atoms with Crippen LogP contribution in [0.5, 0.6) is 0 Å². The Bertz CT molecular complexity index is 790. The van der Waals surface area contributed by atoms with E-state index >= 15 is 0 Å². The van der Waals surface area contributed by atoms with Crippen molar-refractivity contribution in [2.75, 3.05) is 13.7 Å². The molecule has 0 radical (unpaired) electrons. The molecule has 0 amide bonds. The molecule has 0 bridgehead atoms. The third kappa shape index (κ3) is 3.94. The Morgan fingerprint density at radius 2 is 2.40 bits per heavy atom. The lowest BCUT2D eigenvalue weighted by Crippen LogP contribution is -2.17. The van der Waals surface area contributed by atoms with Crippen molar-refractivity contribution in [1.29, 1.82) is 0 Å². The first kappa shape index (κ1) is 17.3. The maximum atomic E-state index is 12.0. The maximum absolute atomic E-state index is 12.0. The number of esters is 1. The van der Waals surface area contributed by atoms with E-state index in [0.717, 1.165) is 31.2 Å². The summed E-state index contributed by atoms with van der Waals surface area (Å²) in [5, 5.41) is 23.0. The van der Waals surface area contributed by atoms with Crippen LogP contribution in [0.25, 0.3) is 0 Å². The number of nitro benzene ring substituents is 1. The van der Waals surface area contributed by atoms with Crippen LogP contribution >= 0.6 is 11.8 Å². The zero-order chi connectivity index (χ0) is 17.8. The van der Waals surface area contributed by atoms with Gasteiger partial charge in [0.1, 0.15) is 0 Å². The van der Waals surface area contributed by atoms with E-state index in [1.165, 1.54) is 25.3 Å². The van der Waals surface area contributed by atoms with Crippen molar-refractivity contribution >= 4 is 23.4 Å². The second-order valence-electron chi connectivity index (χ2n) is 5.31. The fourth-order valence-corrected chi connectivity index (χ4v) is 3.33. The van der Waals surface area contributed by atoms with Crippen LogP contribution in [0.1, 0.15) is 23.2 Å². The number of non-ortho nitro benzene ring substituents is 1. The molecule has 1 aliphatic heterocycles. The largest absolute Gasteiger partial charge is 0.465 e. The maximum Gasteiger partial charge on any atom is 0.339 e. The van der Waals surface area contributed by atoms with Crippen LogP contribution in [0, 0.1) is 10.1 Å². The Kier molecular flexibility index (Phi) is 5.24. The Hall–Kier alpha value is -2.53. The Balaban J connectivity index is 1.86. The van der Waals surface area contributed by atoms with E-state index in [1.807, 2.05) is 0 Å². The second kappa shape index (κ2) is 7.57. The molecule has 0 aliphatic carbocycles. The minimum atomic E-state index is -0.663. The van der Waals surface area contributed by atoms with Crippen LogP contribution in [0.3, 0.4) is 0 Å². The average Bonchev–Trinajstić information content (AvgIpc) is 3.27. The standard InChI is InChI=1S/C14H15N5O5S/c1-23-13(20)11-7-9(19(21)22)4-5-12(11)25-14-15-16-17-18(14)8-10-3-2-6-24-10/h4-5,7,10H,2-3,6,8H2,1H3. The minimum absolute atomic E-state index is 0.0554. The molecule has 132 valence electrons. The number of carbonyl (C=O) groups is 1. The van der Waals surface area contributed by atoms with Gasteiger partial charge >= 0.3 is 5.97 Å². The molecular formula is C14H15N5O5S. The van der Waals surface area contributed by atoms with E-state index in [2.05, 4.69) is 15.5 Å². The van der Waals surface area contributed by atoms with Gasteiger partial charge in [-0.2, -0.15) is 0 Å². The van der Waals surface area contributed by atoms with Gasteiger partial charge < -0.3 is 9.47 Å². The summed E-state index contributed by atoms with van der Waals surface area (Å²) in [4.78, 5) is 22.8. The van der Waals surface area contributed by atoms with Crippen molar-refractivity contribution in [3.8, 4) is 0 Å². The lowest BCUT2D eigenvalue weighted by molar-refractivity contribution is -0.384. The van der Waals surface area contributed by atoms with Crippen molar-refractivity contribution in [3.63, 3.8) is 0 Å². The molecule has 3 rings (SSSR count). The minimum Gasteiger partial charge on any atom is -0.465 e. The lowest BCUT2D eigenvalue weighted by Gasteiger charge is -2.11. The molecule has 1 saturated heterocycles. The highest BCUT2D eigenvalue weighted by molar-refractivity contribution is 7.99. The van der Waals surface area contributed by atoms with Gasteiger partial charge in [0, 0.05) is 23.6 Å². The molecule has 2 heterocycles. The predicted octanol–water partition coefficient (Wildman–Crippen LogP) is 1.70. The van der Waals surface area contributed by atoms with E-state index in [1.54, 1.807) is 4.68 Å². The number of nitrogens with zero attached hydrogens (tertiary/aromatic N) is 5. The monoisotopic (exact) mass is 365 g/mol. The van der Waals surface area contributed by atoms with Gasteiger partial charge in [-0.25, -0.2) is 9.48 Å². The number of benzene rings is 1. The number of ether oxygens (including phenoxy) is 2. The van der Waals surface area contributed by atoms with E-state index in [9.17, 15) is 14.9 Å². The summed E-state index contributed by atoms with van der Waals surface area (Å²) in [6, 6.07) is 3.99. The molecule has 0 N–H and O–H groups in total. The van der Waals surface area contributed by atoms with Gasteiger partial charge in [-0.05, 0) is 41.1 Å². The van der Waals surface area contributed by atoms with Gasteiger partial charge in [0.2, 0.25) is 5.16 Å². The van der Waals surface area contributed by atoms with Crippen LogP contribution in [0.4, 0.5) is 5.69 Å². The van der Waals surface area contributed by atoms with Crippen LogP contribution in [-0.4, -0.2) is 50.9 Å². The number of carbonyl (C=O) groups excluding carboxylic acids is 1. The first-order valence-corrected chi connectivity index (χ1v) is 8.32. The number of tetrazole rings is 1. The van der Waals surface area contributed by atoms with Gasteiger partial charge in [-0.3, -0.25) is 10.1 Å². The Labute approximate surface area is 146 Å². The van der Waals surface area contributed by atoms with Gasteiger partial charge in [0.15, 0.2) is 0 Å². The van der Waals surface area contributed by atoms with Crippen molar-refractivity contribution < 1.29 is 19.2 Å². The first-order valence-electron chi connectivity index (χ1n) is 7.51. The molecule has 10 nitrogen and oxygen atoms in total. The fourth-order valence-electron chi connectivity index (χ4n) is 2.45. The van der Waals surface area contributed by atoms with Crippen LogP contribution < -0.4 is 0 Å². The van der Waals surface area contributed by atoms with Gasteiger partial charge in [-0.1, -0.05) is 0 Å². The summed E-state index contributed by atoms with van der Waals surface area (Å²) in [6.07, 6.45) is 2.00. The summed E-state index contributed by atoms with van der Waals surface area (Å²) in [6.45, 7) is 1.24. The summed E-state index contributed by atoms with van der Waals surface area (Å²) in [7, 11) is 1.22. The topological polar surface area (TPSA) is 122 Å². The summed E-state index contributed by atoms with van der Waals surface area (Å²) in [5.41, 5.74) is -0.0999. The molecule has 1 unspecified atom stereocenters. The number of nitro groups is 1. The van der Waals surface area contributed by atoms with Crippen LogP contribution in [0.2, 0.25) is 0 Å². The SMILES string of the molecule is COC(=O)c1cc([N+](=O)[O-])ccc1Sc1nnnn1CC1CCCO1. The number of methoxy groups -OCH3 is 1. The fraction of sp³-hybridized carbons (Fsp3) is 0.429. The zero-order valence-corrected chi connectivity index (χ0v) is 14.1. The normalized spacial score (nSPS) is 16.8. The molecule has 1 aromatic carbocycles. The van der Waals surface area contributed by atoms with Gasteiger partial charge in [0.05, 0.1) is 30.2 Å². The van der Waals surface area contributed by atoms with Crippen molar-refractivity contribution in [3.05, 3.63) is 33.9 Å². The molecule has 2 aromatic rings. The number of aromatic nitrogens is 4. The molecule has 11 heteroatoms. The molecule has 0 saturated carbocycles. The first-order chi connectivity index (χ1) is 12.1. The lowest BCUT2D eigenvalue weighted by atomic mass is 10.2. The third-order valence-corrected chi connectivity index (χ3v) is 4.73. The molecule has 0 spiro atoms. The molecular weight excluding hydrogens is 350 g/mol. The smallest absolute Gasteiger partial charge is 0.339 e. The zero-order valence-electron chi connectivity index (χ0n) is 13.3. The highest BCUT2D eigenvalue weighted by Crippen LogP contribution is 2.32. The van der Waals surface area contributed by atoms with E-state index in [4.69, 9.17) is 9.47 Å². The quantitative estimate of drug-likeness (QED) is 0.427. The highest BCUT2D eigenvalue weighted by atomic mass is 32.2. The Morgan fingerprint density at radius 3 is 3.08 bits per heavy atom. The Morgan fingerprint density at radius 1 is 1.56 bits per heavy atom. The van der Waals surface area contributed by atoms with Gasteiger partial charge in [0.25, 0.3) is 5.69 Å². The molecule has 1 aromatic heterocycles. The second-order valence-corrected chi connectivity index (χ2v) is 6.32. The third-order valence-electron chi connectivity index (χ3n) is 3.68. The summed E-state index contributed by atoms with van der Waals surface area (Å²) >= 11 is 1.14. The van der Waals surface area contributed by atoms with E-state index in [0.29, 0.717) is 16.6 Å². The average molecular weight is 365 g/mol. The summed E-state index contributed by atoms with van der Waals surface area (Å²) < 4.78 is 11.9. The predicted molar refractivity (Wildman–Crippen MR) is 85.3 cm³/mol.